The second kappa shape index (κ2) is 3.59. The van der Waals surface area contributed by atoms with Crippen molar-refractivity contribution >= 4 is 10.9 Å². The third-order valence-electron chi connectivity index (χ3n) is 2.10. The van der Waals surface area contributed by atoms with Crippen molar-refractivity contribution in [1.82, 2.24) is 9.55 Å². The first kappa shape index (κ1) is 8.90. The fourth-order valence-corrected chi connectivity index (χ4v) is 1.40. The first-order valence-electron chi connectivity index (χ1n) is 4.47. The molecule has 0 aliphatic heterocycles. The van der Waals surface area contributed by atoms with Crippen molar-refractivity contribution in [2.45, 2.75) is 6.54 Å². The van der Waals surface area contributed by atoms with Gasteiger partial charge in [0.05, 0.1) is 17.2 Å². The predicted octanol–water partition coefficient (Wildman–Crippen LogP) is 0.355. The second-order valence-corrected chi connectivity index (χ2v) is 3.05. The van der Waals surface area contributed by atoms with Gasteiger partial charge in [0.15, 0.2) is 0 Å². The SMILES string of the molecule is NCCn1cnc2ccccc2c1=O. The van der Waals surface area contributed by atoms with Crippen LogP contribution in [0.3, 0.4) is 0 Å². The highest BCUT2D eigenvalue weighted by atomic mass is 16.1. The molecule has 2 rings (SSSR count). The Labute approximate surface area is 81.0 Å². The molecule has 0 fully saturated rings. The summed E-state index contributed by atoms with van der Waals surface area (Å²) in [6.07, 6.45) is 1.54. The van der Waals surface area contributed by atoms with Gasteiger partial charge in [-0.3, -0.25) is 9.36 Å². The van der Waals surface area contributed by atoms with Gasteiger partial charge in [-0.05, 0) is 12.1 Å². The van der Waals surface area contributed by atoms with Gasteiger partial charge in [0.25, 0.3) is 5.56 Å². The molecule has 0 aliphatic carbocycles. The maximum absolute atomic E-state index is 11.8. The van der Waals surface area contributed by atoms with Gasteiger partial charge in [-0.25, -0.2) is 4.98 Å². The molecular weight excluding hydrogens is 178 g/mol. The molecule has 4 heteroatoms. The van der Waals surface area contributed by atoms with Crippen molar-refractivity contribution in [3.05, 3.63) is 40.9 Å². The molecule has 0 spiro atoms. The minimum Gasteiger partial charge on any atom is -0.329 e. The fourth-order valence-electron chi connectivity index (χ4n) is 1.40. The van der Waals surface area contributed by atoms with Gasteiger partial charge in [-0.1, -0.05) is 12.1 Å². The van der Waals surface area contributed by atoms with Crippen LogP contribution in [-0.2, 0) is 6.54 Å². The van der Waals surface area contributed by atoms with Gasteiger partial charge in [0.2, 0.25) is 0 Å². The van der Waals surface area contributed by atoms with E-state index in [4.69, 9.17) is 5.73 Å². The topological polar surface area (TPSA) is 60.9 Å². The van der Waals surface area contributed by atoms with E-state index in [9.17, 15) is 4.79 Å². The summed E-state index contributed by atoms with van der Waals surface area (Å²) in [7, 11) is 0. The average Bonchev–Trinajstić information content (AvgIpc) is 2.23. The van der Waals surface area contributed by atoms with E-state index in [-0.39, 0.29) is 5.56 Å². The van der Waals surface area contributed by atoms with Gasteiger partial charge in [-0.15, -0.1) is 0 Å². The maximum Gasteiger partial charge on any atom is 0.261 e. The number of hydrogen-bond acceptors (Lipinski definition) is 3. The zero-order valence-corrected chi connectivity index (χ0v) is 7.68. The maximum atomic E-state index is 11.8. The van der Waals surface area contributed by atoms with Crippen LogP contribution in [-0.4, -0.2) is 16.1 Å². The molecule has 0 saturated carbocycles. The highest BCUT2D eigenvalue weighted by Gasteiger charge is 2.01. The van der Waals surface area contributed by atoms with Crippen molar-refractivity contribution < 1.29 is 0 Å². The fraction of sp³-hybridized carbons (Fsp3) is 0.200. The summed E-state index contributed by atoms with van der Waals surface area (Å²) in [5.41, 5.74) is 6.09. The summed E-state index contributed by atoms with van der Waals surface area (Å²) in [6, 6.07) is 7.29. The summed E-state index contributed by atoms with van der Waals surface area (Å²) >= 11 is 0. The number of rotatable bonds is 2. The standard InChI is InChI=1S/C10H11N3O/c11-5-6-13-7-12-9-4-2-1-3-8(9)10(13)14/h1-4,7H,5-6,11H2. The van der Waals surface area contributed by atoms with Crippen LogP contribution in [0, 0.1) is 0 Å². The van der Waals surface area contributed by atoms with E-state index in [0.29, 0.717) is 18.5 Å². The van der Waals surface area contributed by atoms with Crippen LogP contribution in [0.25, 0.3) is 10.9 Å². The highest BCUT2D eigenvalue weighted by molar-refractivity contribution is 5.76. The summed E-state index contributed by atoms with van der Waals surface area (Å²) < 4.78 is 1.53. The number of fused-ring (bicyclic) bond motifs is 1. The van der Waals surface area contributed by atoms with Crippen LogP contribution in [0.4, 0.5) is 0 Å². The molecule has 1 aromatic carbocycles. The van der Waals surface area contributed by atoms with Crippen molar-refractivity contribution in [1.29, 1.82) is 0 Å². The quantitative estimate of drug-likeness (QED) is 0.741. The van der Waals surface area contributed by atoms with Crippen LogP contribution in [0.2, 0.25) is 0 Å². The van der Waals surface area contributed by atoms with E-state index < -0.39 is 0 Å². The number of nitrogens with two attached hydrogens (primary N) is 1. The summed E-state index contributed by atoms with van der Waals surface area (Å²) in [5, 5.41) is 0.642. The highest BCUT2D eigenvalue weighted by Crippen LogP contribution is 2.03. The molecular formula is C10H11N3O. The van der Waals surface area contributed by atoms with Crippen molar-refractivity contribution in [3.63, 3.8) is 0 Å². The first-order chi connectivity index (χ1) is 6.83. The van der Waals surface area contributed by atoms with Gasteiger partial charge in [0.1, 0.15) is 0 Å². The van der Waals surface area contributed by atoms with Gasteiger partial charge in [-0.2, -0.15) is 0 Å². The van der Waals surface area contributed by atoms with Gasteiger partial charge < -0.3 is 5.73 Å². The van der Waals surface area contributed by atoms with Crippen LogP contribution >= 0.6 is 0 Å². The number of benzene rings is 1. The zero-order valence-electron chi connectivity index (χ0n) is 7.68. The Morgan fingerprint density at radius 1 is 1.36 bits per heavy atom. The normalized spacial score (nSPS) is 10.6. The Balaban J connectivity index is 2.69. The molecule has 2 aromatic rings. The molecule has 0 amide bonds. The van der Waals surface area contributed by atoms with E-state index in [1.54, 1.807) is 6.07 Å². The van der Waals surface area contributed by atoms with Crippen molar-refractivity contribution in [2.75, 3.05) is 6.54 Å². The summed E-state index contributed by atoms with van der Waals surface area (Å²) in [4.78, 5) is 16.0. The van der Waals surface area contributed by atoms with Gasteiger partial charge in [0, 0.05) is 13.1 Å². The minimum atomic E-state index is -0.0268. The molecule has 0 unspecified atom stereocenters. The molecule has 1 heterocycles. The summed E-state index contributed by atoms with van der Waals surface area (Å²) in [6.45, 7) is 0.955. The zero-order chi connectivity index (χ0) is 9.97. The first-order valence-corrected chi connectivity index (χ1v) is 4.47. The lowest BCUT2D eigenvalue weighted by molar-refractivity contribution is 0.673. The Kier molecular flexibility index (Phi) is 2.28. The number of para-hydroxylation sites is 1. The van der Waals surface area contributed by atoms with Crippen LogP contribution < -0.4 is 11.3 Å². The monoisotopic (exact) mass is 189 g/mol. The molecule has 0 radical (unpaired) electrons. The van der Waals surface area contributed by atoms with Crippen LogP contribution in [0.5, 0.6) is 0 Å². The van der Waals surface area contributed by atoms with Crippen molar-refractivity contribution in [3.8, 4) is 0 Å². The number of aromatic nitrogens is 2. The number of hydrogen-bond donors (Lipinski definition) is 1. The lowest BCUT2D eigenvalue weighted by atomic mass is 10.2. The Morgan fingerprint density at radius 2 is 2.14 bits per heavy atom. The predicted molar refractivity (Wildman–Crippen MR) is 55.1 cm³/mol. The van der Waals surface area contributed by atoms with E-state index in [0.717, 1.165) is 5.52 Å². The largest absolute Gasteiger partial charge is 0.329 e. The molecule has 0 atom stereocenters. The smallest absolute Gasteiger partial charge is 0.261 e. The summed E-state index contributed by atoms with van der Waals surface area (Å²) in [5.74, 6) is 0. The third-order valence-corrected chi connectivity index (χ3v) is 2.10. The van der Waals surface area contributed by atoms with Crippen LogP contribution in [0.1, 0.15) is 0 Å². The lowest BCUT2D eigenvalue weighted by Crippen LogP contribution is -2.24. The molecule has 4 nitrogen and oxygen atoms in total. The second-order valence-electron chi connectivity index (χ2n) is 3.05. The minimum absolute atomic E-state index is 0.0268. The average molecular weight is 189 g/mol. The van der Waals surface area contributed by atoms with E-state index in [1.807, 2.05) is 18.2 Å². The molecule has 1 aromatic heterocycles. The van der Waals surface area contributed by atoms with E-state index >= 15 is 0 Å². The molecule has 72 valence electrons. The van der Waals surface area contributed by atoms with E-state index in [2.05, 4.69) is 4.98 Å². The number of nitrogens with zero attached hydrogens (tertiary/aromatic N) is 2. The Hall–Kier alpha value is -1.68. The molecule has 0 aliphatic rings. The van der Waals surface area contributed by atoms with Gasteiger partial charge >= 0.3 is 0 Å². The Morgan fingerprint density at radius 3 is 2.93 bits per heavy atom. The van der Waals surface area contributed by atoms with Crippen LogP contribution in [0.15, 0.2) is 35.4 Å². The van der Waals surface area contributed by atoms with Crippen molar-refractivity contribution in [2.24, 2.45) is 5.73 Å². The molecule has 2 N–H and O–H groups in total. The molecule has 14 heavy (non-hydrogen) atoms. The Bertz CT molecular complexity index is 504. The molecule has 0 saturated heterocycles. The van der Waals surface area contributed by atoms with E-state index in [1.165, 1.54) is 10.9 Å². The third kappa shape index (κ3) is 1.40. The lowest BCUT2D eigenvalue weighted by Gasteiger charge is -2.03. The molecule has 0 bridgehead atoms.